The van der Waals surface area contributed by atoms with Gasteiger partial charge in [0, 0.05) is 25.6 Å². The monoisotopic (exact) mass is 271 g/mol. The molecule has 20 heavy (non-hydrogen) atoms. The average molecular weight is 271 g/mol. The van der Waals surface area contributed by atoms with Gasteiger partial charge in [0.15, 0.2) is 0 Å². The van der Waals surface area contributed by atoms with Crippen molar-refractivity contribution < 1.29 is 9.90 Å². The van der Waals surface area contributed by atoms with Crippen LogP contribution in [0.15, 0.2) is 18.2 Å². The zero-order valence-electron chi connectivity index (χ0n) is 12.1. The fourth-order valence-corrected chi connectivity index (χ4v) is 2.13. The lowest BCUT2D eigenvalue weighted by atomic mass is 10.0. The molecule has 1 aliphatic rings. The third kappa shape index (κ3) is 3.85. The average Bonchev–Trinajstić information content (AvgIpc) is 3.23. The zero-order valence-corrected chi connectivity index (χ0v) is 12.1. The van der Waals surface area contributed by atoms with Crippen LogP contribution in [-0.4, -0.2) is 36.1 Å². The second kappa shape index (κ2) is 6.58. The molecule has 0 radical (unpaired) electrons. The van der Waals surface area contributed by atoms with Gasteiger partial charge in [-0.1, -0.05) is 23.5 Å². The van der Waals surface area contributed by atoms with E-state index in [4.69, 9.17) is 5.11 Å². The SMILES string of the molecule is Cc1ccc(C#CCCO)c(C(=O)N(C)CC2CC2)c1. The maximum Gasteiger partial charge on any atom is 0.254 e. The Bertz CT molecular complexity index is 550. The second-order valence-corrected chi connectivity index (χ2v) is 5.45. The molecule has 1 amide bonds. The number of aryl methyl sites for hydroxylation is 1. The number of rotatable bonds is 4. The van der Waals surface area contributed by atoms with Crippen LogP contribution in [0.25, 0.3) is 0 Å². The van der Waals surface area contributed by atoms with Gasteiger partial charge < -0.3 is 10.0 Å². The van der Waals surface area contributed by atoms with Crippen molar-refractivity contribution in [1.29, 1.82) is 0 Å². The third-order valence-corrected chi connectivity index (χ3v) is 3.44. The highest BCUT2D eigenvalue weighted by Crippen LogP contribution is 2.29. The molecule has 3 heteroatoms. The number of hydrogen-bond donors (Lipinski definition) is 1. The normalized spacial score (nSPS) is 13.6. The minimum Gasteiger partial charge on any atom is -0.395 e. The van der Waals surface area contributed by atoms with Gasteiger partial charge in [0.25, 0.3) is 5.91 Å². The van der Waals surface area contributed by atoms with Gasteiger partial charge in [0.05, 0.1) is 12.2 Å². The molecule has 0 spiro atoms. The topological polar surface area (TPSA) is 40.5 Å². The van der Waals surface area contributed by atoms with Gasteiger partial charge in [-0.05, 0) is 37.8 Å². The van der Waals surface area contributed by atoms with Crippen LogP contribution in [0, 0.1) is 24.7 Å². The Morgan fingerprint density at radius 1 is 1.45 bits per heavy atom. The summed E-state index contributed by atoms with van der Waals surface area (Å²) in [5.74, 6) is 6.59. The van der Waals surface area contributed by atoms with Crippen LogP contribution in [0.4, 0.5) is 0 Å². The molecule has 3 nitrogen and oxygen atoms in total. The first-order chi connectivity index (χ1) is 9.61. The van der Waals surface area contributed by atoms with Crippen LogP contribution in [0.5, 0.6) is 0 Å². The van der Waals surface area contributed by atoms with Gasteiger partial charge in [-0.2, -0.15) is 0 Å². The number of carbonyl (C=O) groups is 1. The van der Waals surface area contributed by atoms with Gasteiger partial charge in [0.1, 0.15) is 0 Å². The number of aliphatic hydroxyl groups excluding tert-OH is 1. The van der Waals surface area contributed by atoms with Crippen molar-refractivity contribution in [2.45, 2.75) is 26.2 Å². The smallest absolute Gasteiger partial charge is 0.254 e. The molecular weight excluding hydrogens is 250 g/mol. The fraction of sp³-hybridized carbons (Fsp3) is 0.471. The number of benzene rings is 1. The summed E-state index contributed by atoms with van der Waals surface area (Å²) < 4.78 is 0. The van der Waals surface area contributed by atoms with E-state index in [-0.39, 0.29) is 12.5 Å². The molecule has 0 heterocycles. The van der Waals surface area contributed by atoms with E-state index >= 15 is 0 Å². The molecule has 0 aromatic heterocycles. The summed E-state index contributed by atoms with van der Waals surface area (Å²) in [5, 5.41) is 8.78. The van der Waals surface area contributed by atoms with E-state index in [9.17, 15) is 4.79 Å². The molecule has 1 aromatic rings. The third-order valence-electron chi connectivity index (χ3n) is 3.44. The lowest BCUT2D eigenvalue weighted by Gasteiger charge is -2.18. The summed E-state index contributed by atoms with van der Waals surface area (Å²) in [5.41, 5.74) is 2.47. The Balaban J connectivity index is 2.21. The molecule has 0 bridgehead atoms. The predicted octanol–water partition coefficient (Wildman–Crippen LogP) is 2.21. The fourth-order valence-electron chi connectivity index (χ4n) is 2.13. The molecule has 1 fully saturated rings. The van der Waals surface area contributed by atoms with Gasteiger partial charge in [-0.25, -0.2) is 0 Å². The molecule has 1 N–H and O–H groups in total. The number of amides is 1. The Morgan fingerprint density at radius 2 is 2.20 bits per heavy atom. The Kier molecular flexibility index (Phi) is 4.81. The summed E-state index contributed by atoms with van der Waals surface area (Å²) >= 11 is 0. The predicted molar refractivity (Wildman–Crippen MR) is 79.4 cm³/mol. The summed E-state index contributed by atoms with van der Waals surface area (Å²) in [7, 11) is 1.86. The van der Waals surface area contributed by atoms with Crippen LogP contribution in [0.1, 0.15) is 40.7 Å². The van der Waals surface area contributed by atoms with E-state index in [1.165, 1.54) is 12.8 Å². The van der Waals surface area contributed by atoms with E-state index in [0.29, 0.717) is 17.9 Å². The number of carbonyl (C=O) groups excluding carboxylic acids is 1. The molecule has 0 unspecified atom stereocenters. The van der Waals surface area contributed by atoms with Crippen molar-refractivity contribution in [3.05, 3.63) is 34.9 Å². The standard InChI is InChI=1S/C17H21NO2/c1-13-6-9-15(5-3-4-10-19)16(11-13)17(20)18(2)12-14-7-8-14/h6,9,11,14,19H,4,7-8,10,12H2,1-2H3. The summed E-state index contributed by atoms with van der Waals surface area (Å²) in [4.78, 5) is 14.3. The highest BCUT2D eigenvalue weighted by Gasteiger charge is 2.25. The minimum absolute atomic E-state index is 0.0360. The van der Waals surface area contributed by atoms with Crippen LogP contribution < -0.4 is 0 Å². The van der Waals surface area contributed by atoms with Gasteiger partial charge in [0.2, 0.25) is 0 Å². The molecule has 1 aromatic carbocycles. The minimum atomic E-state index is 0.0360. The molecule has 2 rings (SSSR count). The molecule has 106 valence electrons. The molecule has 0 atom stereocenters. The van der Waals surface area contributed by atoms with E-state index < -0.39 is 0 Å². The lowest BCUT2D eigenvalue weighted by Crippen LogP contribution is -2.29. The molecular formula is C17H21NO2. The van der Waals surface area contributed by atoms with Crippen molar-refractivity contribution in [3.8, 4) is 11.8 Å². The van der Waals surface area contributed by atoms with E-state index in [1.54, 1.807) is 4.90 Å². The summed E-state index contributed by atoms with van der Waals surface area (Å²) in [6, 6.07) is 5.74. The first-order valence-electron chi connectivity index (χ1n) is 7.07. The van der Waals surface area contributed by atoms with E-state index in [2.05, 4.69) is 11.8 Å². The zero-order chi connectivity index (χ0) is 14.5. The second-order valence-electron chi connectivity index (χ2n) is 5.45. The van der Waals surface area contributed by atoms with Crippen molar-refractivity contribution in [2.24, 2.45) is 5.92 Å². The van der Waals surface area contributed by atoms with Crippen LogP contribution in [-0.2, 0) is 0 Å². The number of nitrogens with zero attached hydrogens (tertiary/aromatic N) is 1. The highest BCUT2D eigenvalue weighted by atomic mass is 16.2. The van der Waals surface area contributed by atoms with Gasteiger partial charge >= 0.3 is 0 Å². The van der Waals surface area contributed by atoms with Crippen LogP contribution >= 0.6 is 0 Å². The lowest BCUT2D eigenvalue weighted by molar-refractivity contribution is 0.0788. The van der Waals surface area contributed by atoms with Crippen LogP contribution in [0.2, 0.25) is 0 Å². The molecule has 1 aliphatic carbocycles. The summed E-state index contributed by atoms with van der Waals surface area (Å²) in [6.07, 6.45) is 2.89. The maximum atomic E-state index is 12.5. The molecule has 1 saturated carbocycles. The number of hydrogen-bond acceptors (Lipinski definition) is 2. The highest BCUT2D eigenvalue weighted by molar-refractivity contribution is 5.96. The first kappa shape index (κ1) is 14.6. The van der Waals surface area contributed by atoms with Crippen molar-refractivity contribution in [1.82, 2.24) is 4.90 Å². The quantitative estimate of drug-likeness (QED) is 0.853. The van der Waals surface area contributed by atoms with E-state index in [1.807, 2.05) is 32.2 Å². The Hall–Kier alpha value is -1.79. The Labute approximate surface area is 120 Å². The van der Waals surface area contributed by atoms with Gasteiger partial charge in [-0.3, -0.25) is 4.79 Å². The number of aliphatic hydroxyl groups is 1. The van der Waals surface area contributed by atoms with E-state index in [0.717, 1.165) is 17.7 Å². The molecule has 0 saturated heterocycles. The van der Waals surface area contributed by atoms with Crippen LogP contribution in [0.3, 0.4) is 0 Å². The largest absolute Gasteiger partial charge is 0.395 e. The summed E-state index contributed by atoms with van der Waals surface area (Å²) in [6.45, 7) is 2.85. The van der Waals surface area contributed by atoms with Crippen molar-refractivity contribution in [2.75, 3.05) is 20.2 Å². The van der Waals surface area contributed by atoms with Crippen molar-refractivity contribution in [3.63, 3.8) is 0 Å². The first-order valence-corrected chi connectivity index (χ1v) is 7.07. The van der Waals surface area contributed by atoms with Crippen molar-refractivity contribution >= 4 is 5.91 Å². The Morgan fingerprint density at radius 3 is 2.85 bits per heavy atom. The maximum absolute atomic E-state index is 12.5. The molecule has 0 aliphatic heterocycles. The van der Waals surface area contributed by atoms with Gasteiger partial charge in [-0.15, -0.1) is 0 Å².